The largest absolute Gasteiger partial charge is 0.496 e. The van der Waals surface area contributed by atoms with Crippen molar-refractivity contribution in [1.29, 1.82) is 0 Å². The Morgan fingerprint density at radius 3 is 1.79 bits per heavy atom. The average molecular weight is 963 g/mol. The van der Waals surface area contributed by atoms with Gasteiger partial charge in [0.1, 0.15) is 18.1 Å². The molecule has 0 radical (unpaired) electrons. The van der Waals surface area contributed by atoms with Gasteiger partial charge in [0.25, 0.3) is 11.8 Å². The van der Waals surface area contributed by atoms with Gasteiger partial charge < -0.3 is 33.5 Å². The smallest absolute Gasteiger partial charge is 0.431 e. The van der Waals surface area contributed by atoms with Gasteiger partial charge in [-0.15, -0.1) is 0 Å². The maximum absolute atomic E-state index is 13.5. The summed E-state index contributed by atoms with van der Waals surface area (Å²) in [5.41, 5.74) is 1.85. The third-order valence-corrected chi connectivity index (χ3v) is 14.3. The number of ether oxygens (including phenoxy) is 2. The van der Waals surface area contributed by atoms with Crippen LogP contribution in [0.15, 0.2) is 60.7 Å². The number of methoxy groups -OCH3 is 1. The number of fused-ring (bicyclic) bond motifs is 4. The molecule has 4 aromatic rings. The van der Waals surface area contributed by atoms with Crippen LogP contribution in [0.5, 0.6) is 5.75 Å². The minimum atomic E-state index is -4.47. The van der Waals surface area contributed by atoms with Gasteiger partial charge in [-0.25, -0.2) is 0 Å². The van der Waals surface area contributed by atoms with Crippen LogP contribution in [0, 0.1) is 0 Å². The molecule has 2 aromatic heterocycles. The summed E-state index contributed by atoms with van der Waals surface area (Å²) < 4.78 is 91.2. The van der Waals surface area contributed by atoms with E-state index in [0.29, 0.717) is 79.3 Å². The number of ketones is 1. The summed E-state index contributed by atoms with van der Waals surface area (Å²) in [6, 6.07) is 16.5. The number of nitrogens with zero attached hydrogens (tertiary/aromatic N) is 6. The summed E-state index contributed by atoms with van der Waals surface area (Å²) in [6.45, 7) is 7.54. The summed E-state index contributed by atoms with van der Waals surface area (Å²) >= 11 is 6.36. The first kappa shape index (κ1) is 50.0. The Hall–Kier alpha value is -4.88. The van der Waals surface area contributed by atoms with E-state index in [0.717, 1.165) is 43.4 Å². The predicted octanol–water partition coefficient (Wildman–Crippen LogP) is 8.32. The zero-order valence-electron chi connectivity index (χ0n) is 38.5. The number of alkyl halides is 6. The molecule has 12 nitrogen and oxygen atoms in total. The SMILES string of the molecule is CN1CCn2c(C(F)(F)F)cc(Cl)c2C12CCN(C(=O)c1ccc(C(C)(C)O)cc1)CC2.COc1cc(C(=O)N2CCC3(CC2)c2ccc(C(C)=O)n2CCN3C)ccc1COCC(F)(F)F. The first-order valence-electron chi connectivity index (χ1n) is 22.2. The molecule has 2 aromatic carbocycles. The molecule has 4 aliphatic rings. The monoisotopic (exact) mass is 962 g/mol. The predicted molar refractivity (Wildman–Crippen MR) is 238 cm³/mol. The van der Waals surface area contributed by atoms with Crippen LogP contribution in [-0.4, -0.2) is 125 Å². The van der Waals surface area contributed by atoms with E-state index in [9.17, 15) is 45.8 Å². The number of aliphatic hydroxyl groups is 1. The molecule has 0 unspecified atom stereocenters. The van der Waals surface area contributed by atoms with Crippen molar-refractivity contribution in [1.82, 2.24) is 28.7 Å². The summed E-state index contributed by atoms with van der Waals surface area (Å²) in [4.78, 5) is 46.3. The molecule has 2 spiro atoms. The number of halogens is 7. The first-order valence-corrected chi connectivity index (χ1v) is 22.6. The maximum Gasteiger partial charge on any atom is 0.431 e. The Labute approximate surface area is 390 Å². The molecule has 0 bridgehead atoms. The van der Waals surface area contributed by atoms with Gasteiger partial charge in [-0.2, -0.15) is 26.3 Å². The van der Waals surface area contributed by atoms with Gasteiger partial charge >= 0.3 is 12.4 Å². The van der Waals surface area contributed by atoms with Crippen molar-refractivity contribution in [2.45, 2.75) is 95.2 Å². The van der Waals surface area contributed by atoms with Crippen LogP contribution in [-0.2, 0) is 47.3 Å². The molecular formula is C48H57ClF6N6O6. The number of rotatable bonds is 8. The number of hydrogen-bond donors (Lipinski definition) is 1. The van der Waals surface area contributed by atoms with Crippen molar-refractivity contribution >= 4 is 29.2 Å². The average Bonchev–Trinajstić information content (AvgIpc) is 3.89. The lowest BCUT2D eigenvalue weighted by Crippen LogP contribution is -2.57. The van der Waals surface area contributed by atoms with Crippen molar-refractivity contribution < 1.29 is 55.3 Å². The molecule has 8 rings (SSSR count). The van der Waals surface area contributed by atoms with Gasteiger partial charge in [0.2, 0.25) is 0 Å². The molecule has 0 atom stereocenters. The molecule has 19 heteroatoms. The van der Waals surface area contributed by atoms with Crippen molar-refractivity contribution in [3.8, 4) is 5.75 Å². The van der Waals surface area contributed by atoms with Crippen LogP contribution >= 0.6 is 11.6 Å². The highest BCUT2D eigenvalue weighted by Crippen LogP contribution is 2.48. The van der Waals surface area contributed by atoms with E-state index in [4.69, 9.17) is 21.1 Å². The Balaban J connectivity index is 0.000000200. The Morgan fingerprint density at radius 1 is 0.716 bits per heavy atom. The lowest BCUT2D eigenvalue weighted by molar-refractivity contribution is -0.176. The third kappa shape index (κ3) is 10.0. The van der Waals surface area contributed by atoms with Gasteiger partial charge in [-0.05, 0) is 102 Å². The number of carbonyl (C=O) groups is 3. The van der Waals surface area contributed by atoms with Crippen molar-refractivity contribution in [2.75, 3.05) is 67.1 Å². The topological polar surface area (TPSA) is 113 Å². The summed E-state index contributed by atoms with van der Waals surface area (Å²) in [5, 5.41) is 10.2. The zero-order valence-corrected chi connectivity index (χ0v) is 39.2. The minimum absolute atomic E-state index is 0.0461. The van der Waals surface area contributed by atoms with E-state index in [1.165, 1.54) is 11.7 Å². The van der Waals surface area contributed by atoms with Crippen LogP contribution in [0.1, 0.15) is 106 Å². The molecule has 67 heavy (non-hydrogen) atoms. The number of likely N-dealkylation sites (tertiary alicyclic amines) is 2. The minimum Gasteiger partial charge on any atom is -0.496 e. The van der Waals surface area contributed by atoms with Gasteiger partial charge in [0.15, 0.2) is 5.78 Å². The number of hydrogen-bond acceptors (Lipinski definition) is 8. The lowest BCUT2D eigenvalue weighted by atomic mass is 9.81. The van der Waals surface area contributed by atoms with Crippen molar-refractivity contribution in [3.63, 3.8) is 0 Å². The standard InChI is InChI=1S/C25H30F3N3O4.C23H27ClF3N3O2/c1-17(32)20-6-7-22-24(29(2)12-13-31(20)22)8-10-30(11-9-24)23(33)18-4-5-19(21(14-18)34-3)15-35-16-25(26,27)28;1-21(2,32)16-6-4-15(5-7-16)20(31)29-10-8-22(9-11-29)19-17(24)14-18(23(25,26)27)30(19)13-12-28(22)3/h4-7,14H,8-13,15-16H2,1-3H3;4-7,14,32H,8-13H2,1-3H3. The molecule has 364 valence electrons. The van der Waals surface area contributed by atoms with E-state index in [-0.39, 0.29) is 41.3 Å². The highest BCUT2D eigenvalue weighted by molar-refractivity contribution is 6.31. The van der Waals surface area contributed by atoms with E-state index in [2.05, 4.69) is 21.4 Å². The molecule has 2 fully saturated rings. The van der Waals surface area contributed by atoms with Crippen molar-refractivity contribution in [2.24, 2.45) is 0 Å². The normalized spacial score (nSPS) is 18.6. The number of piperidine rings is 2. The highest BCUT2D eigenvalue weighted by atomic mass is 35.5. The van der Waals surface area contributed by atoms with E-state index in [1.54, 1.807) is 73.0 Å². The molecule has 4 aliphatic heterocycles. The Kier molecular flexibility index (Phi) is 14.1. The number of likely N-dealkylation sites (N-methyl/N-ethyl adjacent to an activating group) is 2. The molecule has 0 aliphatic carbocycles. The maximum atomic E-state index is 13.5. The van der Waals surface area contributed by atoms with Gasteiger partial charge in [0, 0.05) is 81.7 Å². The summed E-state index contributed by atoms with van der Waals surface area (Å²) in [7, 11) is 5.41. The van der Waals surface area contributed by atoms with Gasteiger partial charge in [0.05, 0.1) is 46.8 Å². The van der Waals surface area contributed by atoms with Crippen LogP contribution in [0.3, 0.4) is 0 Å². The zero-order chi connectivity index (χ0) is 48.9. The van der Waals surface area contributed by atoms with E-state index in [1.807, 2.05) is 19.2 Å². The Bertz CT molecular complexity index is 2460. The van der Waals surface area contributed by atoms with E-state index >= 15 is 0 Å². The second-order valence-corrected chi connectivity index (χ2v) is 18.9. The molecule has 6 heterocycles. The molecule has 1 N–H and O–H groups in total. The van der Waals surface area contributed by atoms with Crippen LogP contribution in [0.2, 0.25) is 5.02 Å². The quantitative estimate of drug-likeness (QED) is 0.139. The second-order valence-electron chi connectivity index (χ2n) is 18.4. The fraction of sp³-hybridized carbons (Fsp3) is 0.521. The van der Waals surface area contributed by atoms with Crippen LogP contribution in [0.25, 0.3) is 0 Å². The van der Waals surface area contributed by atoms with Gasteiger partial charge in [-0.1, -0.05) is 29.8 Å². The molecular weight excluding hydrogens is 906 g/mol. The number of amides is 2. The third-order valence-electron chi connectivity index (χ3n) is 14.0. The lowest BCUT2D eigenvalue weighted by Gasteiger charge is -2.50. The fourth-order valence-corrected chi connectivity index (χ4v) is 10.6. The number of benzene rings is 2. The molecule has 0 saturated carbocycles. The van der Waals surface area contributed by atoms with E-state index < -0.39 is 35.8 Å². The number of aromatic nitrogens is 2. The fourth-order valence-electron chi connectivity index (χ4n) is 10.3. The highest BCUT2D eigenvalue weighted by Gasteiger charge is 2.50. The number of carbonyl (C=O) groups excluding carboxylic acids is 3. The van der Waals surface area contributed by atoms with Crippen LogP contribution in [0.4, 0.5) is 26.3 Å². The van der Waals surface area contributed by atoms with Crippen LogP contribution < -0.4 is 4.74 Å². The Morgan fingerprint density at radius 2 is 1.25 bits per heavy atom. The van der Waals surface area contributed by atoms with Gasteiger partial charge in [-0.3, -0.25) is 24.2 Å². The molecule has 2 saturated heterocycles. The summed E-state index contributed by atoms with van der Waals surface area (Å²) in [6.07, 6.45) is -6.41. The van der Waals surface area contributed by atoms with Crippen molar-refractivity contribution in [3.05, 3.63) is 111 Å². The number of Topliss-reactive ketones (excluding diaryl/α,β-unsaturated/α-hetero) is 1. The molecule has 2 amide bonds. The summed E-state index contributed by atoms with van der Waals surface area (Å²) in [5.74, 6) is 0.0788. The second kappa shape index (κ2) is 18.9. The first-order chi connectivity index (χ1) is 31.4.